The molecule has 112 valence electrons. The Bertz CT molecular complexity index is 777. The molecule has 0 amide bonds. The molecule has 0 bridgehead atoms. The summed E-state index contributed by atoms with van der Waals surface area (Å²) in [5, 5.41) is 21.1. The van der Waals surface area contributed by atoms with Crippen LogP contribution in [0, 0.1) is 20.2 Å². The lowest BCUT2D eigenvalue weighted by Crippen LogP contribution is -2.09. The highest BCUT2D eigenvalue weighted by Crippen LogP contribution is 2.29. The number of nitrogens with zero attached hydrogens (tertiary/aromatic N) is 2. The average molecular weight is 323 g/mol. The number of non-ortho nitro benzene ring substituents is 2. The van der Waals surface area contributed by atoms with Gasteiger partial charge >= 0.3 is 5.97 Å². The Hall–Kier alpha value is -3.00. The van der Waals surface area contributed by atoms with Gasteiger partial charge in [0.15, 0.2) is 0 Å². The smallest absolute Gasteiger partial charge is 0.343 e. The van der Waals surface area contributed by atoms with Crippen molar-refractivity contribution in [2.75, 3.05) is 0 Å². The van der Waals surface area contributed by atoms with Gasteiger partial charge in [-0.2, -0.15) is 0 Å². The summed E-state index contributed by atoms with van der Waals surface area (Å²) in [6.45, 7) is 0. The van der Waals surface area contributed by atoms with Crippen molar-refractivity contribution in [1.82, 2.24) is 0 Å². The Morgan fingerprint density at radius 1 is 1.00 bits per heavy atom. The molecular formula is C13H7ClN2O6. The van der Waals surface area contributed by atoms with Crippen LogP contribution in [0.4, 0.5) is 11.4 Å². The molecule has 0 unspecified atom stereocenters. The molecule has 22 heavy (non-hydrogen) atoms. The lowest BCUT2D eigenvalue weighted by atomic mass is 10.2. The Kier molecular flexibility index (Phi) is 4.33. The van der Waals surface area contributed by atoms with Gasteiger partial charge in [0.05, 0.1) is 20.4 Å². The number of esters is 1. The molecule has 0 atom stereocenters. The molecule has 0 radical (unpaired) electrons. The number of nitro groups is 2. The number of hydrogen-bond donors (Lipinski definition) is 0. The van der Waals surface area contributed by atoms with Gasteiger partial charge in [0.1, 0.15) is 5.75 Å². The van der Waals surface area contributed by atoms with Crippen LogP contribution in [0.5, 0.6) is 5.75 Å². The van der Waals surface area contributed by atoms with Gasteiger partial charge in [-0.3, -0.25) is 20.2 Å². The van der Waals surface area contributed by atoms with E-state index in [9.17, 15) is 25.0 Å². The molecule has 0 saturated heterocycles. The van der Waals surface area contributed by atoms with Gasteiger partial charge in [0.25, 0.3) is 11.4 Å². The third kappa shape index (κ3) is 3.36. The van der Waals surface area contributed by atoms with Crippen molar-refractivity contribution in [2.45, 2.75) is 0 Å². The zero-order valence-corrected chi connectivity index (χ0v) is 11.5. The van der Waals surface area contributed by atoms with Crippen molar-refractivity contribution >= 4 is 28.9 Å². The van der Waals surface area contributed by atoms with Crippen LogP contribution in [-0.2, 0) is 0 Å². The van der Waals surface area contributed by atoms with Crippen molar-refractivity contribution in [2.24, 2.45) is 0 Å². The van der Waals surface area contributed by atoms with Crippen LogP contribution in [0.3, 0.4) is 0 Å². The first-order chi connectivity index (χ1) is 10.4. The number of benzene rings is 2. The zero-order valence-electron chi connectivity index (χ0n) is 10.8. The predicted molar refractivity (Wildman–Crippen MR) is 76.2 cm³/mol. The van der Waals surface area contributed by atoms with Gasteiger partial charge in [-0.15, -0.1) is 0 Å². The summed E-state index contributed by atoms with van der Waals surface area (Å²) < 4.78 is 4.98. The van der Waals surface area contributed by atoms with E-state index in [-0.39, 0.29) is 27.7 Å². The second kappa shape index (κ2) is 6.19. The summed E-state index contributed by atoms with van der Waals surface area (Å²) >= 11 is 5.80. The van der Waals surface area contributed by atoms with Crippen molar-refractivity contribution in [1.29, 1.82) is 0 Å². The van der Waals surface area contributed by atoms with E-state index in [1.807, 2.05) is 0 Å². The molecule has 0 aromatic heterocycles. The normalized spacial score (nSPS) is 10.0. The Labute approximate surface area is 128 Å². The molecule has 2 aromatic rings. The molecule has 0 saturated carbocycles. The largest absolute Gasteiger partial charge is 0.421 e. The molecule has 8 nitrogen and oxygen atoms in total. The first kappa shape index (κ1) is 15.4. The number of hydrogen-bond acceptors (Lipinski definition) is 6. The second-order valence-electron chi connectivity index (χ2n) is 4.07. The highest BCUT2D eigenvalue weighted by Gasteiger charge is 2.16. The highest BCUT2D eigenvalue weighted by atomic mass is 35.5. The fraction of sp³-hybridized carbons (Fsp3) is 0. The van der Waals surface area contributed by atoms with E-state index in [2.05, 4.69) is 0 Å². The maximum absolute atomic E-state index is 11.9. The molecule has 0 aliphatic rings. The van der Waals surface area contributed by atoms with Gasteiger partial charge in [0, 0.05) is 24.3 Å². The molecule has 0 aliphatic heterocycles. The van der Waals surface area contributed by atoms with E-state index in [1.54, 1.807) is 0 Å². The molecule has 0 aliphatic carbocycles. The molecule has 9 heteroatoms. The molecule has 0 fully saturated rings. The number of ether oxygens (including phenoxy) is 1. The van der Waals surface area contributed by atoms with E-state index in [4.69, 9.17) is 16.3 Å². The molecule has 0 heterocycles. The first-order valence-corrected chi connectivity index (χ1v) is 6.17. The minimum absolute atomic E-state index is 0.0383. The van der Waals surface area contributed by atoms with Crippen LogP contribution >= 0.6 is 11.6 Å². The topological polar surface area (TPSA) is 113 Å². The SMILES string of the molecule is O=C(Oc1ccc([N+](=O)[O-])cc1Cl)c1cccc([N+](=O)[O-])c1. The van der Waals surface area contributed by atoms with Crippen LogP contribution in [0.2, 0.25) is 5.02 Å². The number of carbonyl (C=O) groups excluding carboxylic acids is 1. The zero-order chi connectivity index (χ0) is 16.3. The van der Waals surface area contributed by atoms with Gasteiger partial charge in [-0.25, -0.2) is 4.79 Å². The lowest BCUT2D eigenvalue weighted by molar-refractivity contribution is -0.385. The van der Waals surface area contributed by atoms with Gasteiger partial charge in [0.2, 0.25) is 0 Å². The number of halogens is 1. The van der Waals surface area contributed by atoms with Crippen LogP contribution < -0.4 is 4.74 Å². The van der Waals surface area contributed by atoms with Crippen LogP contribution in [0.15, 0.2) is 42.5 Å². The lowest BCUT2D eigenvalue weighted by Gasteiger charge is -2.06. The fourth-order valence-corrected chi connectivity index (χ4v) is 1.80. The molecule has 2 rings (SSSR count). The van der Waals surface area contributed by atoms with E-state index in [0.29, 0.717) is 0 Å². The molecular weight excluding hydrogens is 316 g/mol. The number of nitro benzene ring substituents is 2. The Morgan fingerprint density at radius 2 is 1.64 bits per heavy atom. The summed E-state index contributed by atoms with van der Waals surface area (Å²) in [6, 6.07) is 8.31. The van der Waals surface area contributed by atoms with E-state index < -0.39 is 15.8 Å². The Morgan fingerprint density at radius 3 is 2.23 bits per heavy atom. The summed E-state index contributed by atoms with van der Waals surface area (Å²) in [5.41, 5.74) is -0.548. The van der Waals surface area contributed by atoms with E-state index >= 15 is 0 Å². The summed E-state index contributed by atoms with van der Waals surface area (Å²) in [4.78, 5) is 31.9. The van der Waals surface area contributed by atoms with E-state index in [1.165, 1.54) is 24.3 Å². The van der Waals surface area contributed by atoms with E-state index in [0.717, 1.165) is 18.2 Å². The van der Waals surface area contributed by atoms with Crippen molar-refractivity contribution in [3.05, 3.63) is 73.3 Å². The molecule has 2 aromatic carbocycles. The Balaban J connectivity index is 2.24. The number of rotatable bonds is 4. The third-order valence-corrected chi connectivity index (χ3v) is 2.92. The quantitative estimate of drug-likeness (QED) is 0.369. The van der Waals surface area contributed by atoms with Crippen LogP contribution in [0.25, 0.3) is 0 Å². The van der Waals surface area contributed by atoms with Gasteiger partial charge < -0.3 is 4.74 Å². The minimum atomic E-state index is -0.862. The van der Waals surface area contributed by atoms with Crippen molar-refractivity contribution in [3.8, 4) is 5.75 Å². The summed E-state index contributed by atoms with van der Waals surface area (Å²) in [6.07, 6.45) is 0. The fourth-order valence-electron chi connectivity index (χ4n) is 1.59. The van der Waals surface area contributed by atoms with Crippen LogP contribution in [0.1, 0.15) is 10.4 Å². The minimum Gasteiger partial charge on any atom is -0.421 e. The number of carbonyl (C=O) groups is 1. The first-order valence-electron chi connectivity index (χ1n) is 5.79. The maximum atomic E-state index is 11.9. The maximum Gasteiger partial charge on any atom is 0.343 e. The third-order valence-electron chi connectivity index (χ3n) is 2.62. The summed E-state index contributed by atoms with van der Waals surface area (Å²) in [5.74, 6) is -0.941. The van der Waals surface area contributed by atoms with Crippen molar-refractivity contribution in [3.63, 3.8) is 0 Å². The van der Waals surface area contributed by atoms with Crippen LogP contribution in [-0.4, -0.2) is 15.8 Å². The monoisotopic (exact) mass is 322 g/mol. The van der Waals surface area contributed by atoms with Gasteiger partial charge in [-0.05, 0) is 12.1 Å². The van der Waals surface area contributed by atoms with Crippen molar-refractivity contribution < 1.29 is 19.4 Å². The predicted octanol–water partition coefficient (Wildman–Crippen LogP) is 3.38. The summed E-state index contributed by atoms with van der Waals surface area (Å²) in [7, 11) is 0. The standard InChI is InChI=1S/C13H7ClN2O6/c14-11-7-10(16(20)21)4-5-12(11)22-13(17)8-2-1-3-9(6-8)15(18)19/h1-7H. The molecule has 0 spiro atoms. The highest BCUT2D eigenvalue weighted by molar-refractivity contribution is 6.32. The average Bonchev–Trinajstić information content (AvgIpc) is 2.49. The van der Waals surface area contributed by atoms with Gasteiger partial charge in [-0.1, -0.05) is 17.7 Å². The molecule has 0 N–H and O–H groups in total. The second-order valence-corrected chi connectivity index (χ2v) is 4.48.